The number of nitro benzene ring substituents is 1. The van der Waals surface area contributed by atoms with Gasteiger partial charge in [-0.1, -0.05) is 49.2 Å². The molecule has 71 heavy (non-hydrogen) atoms. The number of urea groups is 1. The molecular weight excluding hydrogens is 969 g/mol. The van der Waals surface area contributed by atoms with Crippen LogP contribution in [-0.2, 0) is 0 Å². The monoisotopic (exact) mass is 1030 g/mol. The average molecular weight is 1030 g/mol. The Balaban J connectivity index is 0.000000172. The smallest absolute Gasteiger partial charge is 0.409 e. The van der Waals surface area contributed by atoms with Crippen molar-refractivity contribution < 1.29 is 28.8 Å². The molecule has 0 bridgehead atoms. The number of fused-ring (bicyclic) bond motifs is 2. The third-order valence-corrected chi connectivity index (χ3v) is 14.1. The summed E-state index contributed by atoms with van der Waals surface area (Å²) in [7, 11) is 3.58. The van der Waals surface area contributed by atoms with Gasteiger partial charge in [-0.25, -0.2) is 19.6 Å². The predicted octanol–water partition coefficient (Wildman–Crippen LogP) is 10.4. The van der Waals surface area contributed by atoms with E-state index in [2.05, 4.69) is 49.8 Å². The lowest BCUT2D eigenvalue weighted by atomic mass is 9.99. The van der Waals surface area contributed by atoms with Crippen LogP contribution >= 0.6 is 34.8 Å². The second-order valence-corrected chi connectivity index (χ2v) is 19.1. The number of hydrogen-bond donors (Lipinski definition) is 5. The number of rotatable bonds is 13. The van der Waals surface area contributed by atoms with Crippen molar-refractivity contribution in [3.05, 3.63) is 153 Å². The van der Waals surface area contributed by atoms with Crippen LogP contribution in [0.2, 0.25) is 10.0 Å². The standard InChI is InChI=1S/C23H27ClN4O2.C16H21ClN2O.C7H4ClNO4.C6H8N2/c1-3-19(27-22(29)14-7-9-15(24)10-8-14)21-17-12-16(13-18(17)21)26-23(30)28(2)20-6-4-5-11-25-20;1-2-14(15-12-7-11(18)8-13(12)15)19-16(20)9-3-5-10(17)6-4-9;8-7(10)13-6-3-1-5(2-4-6)9(11)12;1-7-6-4-2-3-5-8-6/h4-11,16-19,21H,3,12-13H2,1-2H3,(H,26,30)(H,27,29);3-6,11-15H,2,7-8,18H2,1H3,(H,19,20);1-4H;2-5H,1H3,(H,7,8)/t16?,17-,18+,19?,21?;11?,12-,13+,14?,15?;;. The number of hydrogen-bond acceptors (Lipinski definition) is 11. The zero-order valence-electron chi connectivity index (χ0n) is 39.9. The highest BCUT2D eigenvalue weighted by molar-refractivity contribution is 6.61. The van der Waals surface area contributed by atoms with E-state index in [1.54, 1.807) is 72.9 Å². The van der Waals surface area contributed by atoms with E-state index in [4.69, 9.17) is 40.5 Å². The Morgan fingerprint density at radius 2 is 1.21 bits per heavy atom. The van der Waals surface area contributed by atoms with Gasteiger partial charge in [0.1, 0.15) is 17.4 Å². The summed E-state index contributed by atoms with van der Waals surface area (Å²) < 4.78 is 4.45. The van der Waals surface area contributed by atoms with E-state index in [9.17, 15) is 29.3 Å². The van der Waals surface area contributed by atoms with Crippen molar-refractivity contribution in [1.29, 1.82) is 0 Å². The maximum Gasteiger partial charge on any atom is 0.409 e. The van der Waals surface area contributed by atoms with Gasteiger partial charge in [0, 0.05) is 95.6 Å². The van der Waals surface area contributed by atoms with Crippen LogP contribution in [0.3, 0.4) is 0 Å². The first-order valence-corrected chi connectivity index (χ1v) is 24.8. The van der Waals surface area contributed by atoms with Gasteiger partial charge < -0.3 is 31.7 Å². The molecule has 4 amide bonds. The molecule has 3 aromatic carbocycles. The Kier molecular flexibility index (Phi) is 19.5. The van der Waals surface area contributed by atoms with Crippen LogP contribution < -0.4 is 36.6 Å². The number of halogens is 3. The molecule has 4 aliphatic carbocycles. The number of nitrogens with zero attached hydrogens (tertiary/aromatic N) is 4. The second-order valence-electron chi connectivity index (χ2n) is 18.0. The minimum atomic E-state index is -0.978. The molecule has 6 unspecified atom stereocenters. The number of carbonyl (C=O) groups excluding carboxylic acids is 4. The third-order valence-electron chi connectivity index (χ3n) is 13.5. The SMILES string of the molecule is CCC(NC(=O)c1ccc(Cl)cc1)C1[C@H]2CC(N)C[C@@H]12.CCC(NC(=O)c1ccc(Cl)cc1)C1[C@H]2CC(NC(=O)N(C)c3ccccn3)C[C@@H]12.CNc1ccccn1.O=C(Cl)Oc1ccc([N+](=O)[O-])cc1. The van der Waals surface area contributed by atoms with Crippen molar-refractivity contribution >= 4 is 75.4 Å². The van der Waals surface area contributed by atoms with Crippen LogP contribution in [0.1, 0.15) is 73.1 Å². The zero-order chi connectivity index (χ0) is 51.2. The van der Waals surface area contributed by atoms with Crippen LogP contribution in [0.15, 0.2) is 122 Å². The van der Waals surface area contributed by atoms with Gasteiger partial charge in [-0.2, -0.15) is 0 Å². The van der Waals surface area contributed by atoms with E-state index < -0.39 is 10.4 Å². The highest BCUT2D eigenvalue weighted by atomic mass is 35.5. The maximum atomic E-state index is 12.6. The number of ether oxygens (including phenoxy) is 1. The second kappa shape index (κ2) is 25.7. The van der Waals surface area contributed by atoms with Gasteiger partial charge in [0.05, 0.1) is 4.92 Å². The van der Waals surface area contributed by atoms with E-state index in [0.29, 0.717) is 56.7 Å². The van der Waals surface area contributed by atoms with Crippen LogP contribution in [0, 0.1) is 45.6 Å². The van der Waals surface area contributed by atoms with Gasteiger partial charge in [0.15, 0.2) is 0 Å². The predicted molar refractivity (Wildman–Crippen MR) is 277 cm³/mol. The summed E-state index contributed by atoms with van der Waals surface area (Å²) in [5.74, 6) is 5.39. The summed E-state index contributed by atoms with van der Waals surface area (Å²) in [6.07, 6.45) is 9.49. The van der Waals surface area contributed by atoms with Crippen LogP contribution in [0.5, 0.6) is 5.75 Å². The molecule has 4 aliphatic rings. The van der Waals surface area contributed by atoms with Gasteiger partial charge in [0.2, 0.25) is 0 Å². The van der Waals surface area contributed by atoms with Crippen LogP contribution in [0.4, 0.5) is 26.9 Å². The first-order valence-electron chi connectivity index (χ1n) is 23.6. The van der Waals surface area contributed by atoms with Gasteiger partial charge in [-0.05, 0) is 159 Å². The molecule has 6 N–H and O–H groups in total. The summed E-state index contributed by atoms with van der Waals surface area (Å²) >= 11 is 16.7. The Morgan fingerprint density at radius 1 is 0.732 bits per heavy atom. The summed E-state index contributed by atoms with van der Waals surface area (Å²) in [6, 6.07) is 31.2. The fourth-order valence-corrected chi connectivity index (χ4v) is 10.3. The molecule has 19 heteroatoms. The number of aromatic nitrogens is 2. The van der Waals surface area contributed by atoms with Crippen molar-refractivity contribution in [1.82, 2.24) is 25.9 Å². The lowest BCUT2D eigenvalue weighted by Crippen LogP contribution is -2.44. The molecule has 0 spiro atoms. The number of non-ortho nitro benzene ring substituents is 1. The Labute approximate surface area is 428 Å². The van der Waals surface area contributed by atoms with Crippen LogP contribution in [0.25, 0.3) is 0 Å². The van der Waals surface area contributed by atoms with E-state index in [-0.39, 0.29) is 47.4 Å². The van der Waals surface area contributed by atoms with Gasteiger partial charge in [0.25, 0.3) is 17.5 Å². The van der Waals surface area contributed by atoms with E-state index in [0.717, 1.165) is 56.2 Å². The summed E-state index contributed by atoms with van der Waals surface area (Å²) in [5, 5.41) is 23.9. The molecule has 5 aromatic rings. The number of pyridine rings is 2. The molecule has 0 saturated heterocycles. The average Bonchev–Trinajstić information content (AvgIpc) is 4.10. The molecular formula is C52H60Cl3N9O7. The molecule has 4 fully saturated rings. The third kappa shape index (κ3) is 15.3. The number of nitro groups is 1. The van der Waals surface area contributed by atoms with Gasteiger partial charge in [-0.3, -0.25) is 24.6 Å². The Hall–Kier alpha value is -6.33. The highest BCUT2D eigenvalue weighted by Crippen LogP contribution is 2.60. The van der Waals surface area contributed by atoms with Crippen molar-refractivity contribution in [2.75, 3.05) is 24.3 Å². The van der Waals surface area contributed by atoms with Crippen molar-refractivity contribution in [2.24, 2.45) is 41.2 Å². The minimum Gasteiger partial charge on any atom is -0.414 e. The number of anilines is 2. The lowest BCUT2D eigenvalue weighted by Gasteiger charge is -2.24. The minimum absolute atomic E-state index is 0.00258. The van der Waals surface area contributed by atoms with Gasteiger partial charge in [-0.15, -0.1) is 0 Å². The van der Waals surface area contributed by atoms with E-state index in [1.165, 1.54) is 24.3 Å². The zero-order valence-corrected chi connectivity index (χ0v) is 42.2. The van der Waals surface area contributed by atoms with Gasteiger partial charge >= 0.3 is 11.5 Å². The molecule has 16 nitrogen and oxygen atoms in total. The lowest BCUT2D eigenvalue weighted by molar-refractivity contribution is -0.384. The normalized spacial score (nSPS) is 22.5. The Morgan fingerprint density at radius 3 is 1.61 bits per heavy atom. The number of nitrogens with two attached hydrogens (primary N) is 1. The van der Waals surface area contributed by atoms with Crippen LogP contribution in [-0.4, -0.2) is 76.4 Å². The van der Waals surface area contributed by atoms with Crippen molar-refractivity contribution in [2.45, 2.75) is 76.5 Å². The number of benzene rings is 3. The van der Waals surface area contributed by atoms with Crippen molar-refractivity contribution in [3.8, 4) is 5.75 Å². The van der Waals surface area contributed by atoms with E-state index in [1.807, 2.05) is 43.4 Å². The molecule has 2 aromatic heterocycles. The van der Waals surface area contributed by atoms with Crippen molar-refractivity contribution in [3.63, 3.8) is 0 Å². The molecule has 0 aliphatic heterocycles. The molecule has 10 atom stereocenters. The first kappa shape index (κ1) is 54.0. The molecule has 9 rings (SSSR count). The number of nitrogens with one attached hydrogen (secondary N) is 4. The fourth-order valence-electron chi connectivity index (χ4n) is 9.95. The molecule has 4 saturated carbocycles. The summed E-state index contributed by atoms with van der Waals surface area (Å²) in [6.45, 7) is 4.25. The fraction of sp³-hybridized carbons (Fsp3) is 0.385. The number of amides is 4. The molecule has 2 heterocycles. The largest absolute Gasteiger partial charge is 0.414 e. The maximum absolute atomic E-state index is 12.6. The topological polar surface area (TPSA) is 224 Å². The molecule has 376 valence electrons. The highest BCUT2D eigenvalue weighted by Gasteiger charge is 2.59. The quantitative estimate of drug-likeness (QED) is 0.0424. The first-order chi connectivity index (χ1) is 34.1. The summed E-state index contributed by atoms with van der Waals surface area (Å²) in [4.78, 5) is 67.0. The molecule has 0 radical (unpaired) electrons. The number of carbonyl (C=O) groups is 4. The summed E-state index contributed by atoms with van der Waals surface area (Å²) in [5.41, 5.74) is 6.22. The Bertz CT molecular complexity index is 2530. The van der Waals surface area contributed by atoms with E-state index >= 15 is 0 Å².